The largest absolute Gasteiger partial charge is 0.472 e. The number of nitrogens with one attached hydrogen (secondary N) is 1. The number of carbonyl (C=O) groups is 1. The second kappa shape index (κ2) is 6.86. The van der Waals surface area contributed by atoms with Crippen LogP contribution >= 0.6 is 11.3 Å². The van der Waals surface area contributed by atoms with E-state index in [9.17, 15) is 13.2 Å². The van der Waals surface area contributed by atoms with Crippen molar-refractivity contribution in [2.75, 3.05) is 13.1 Å². The molecular formula is C15H18N2O4S2. The summed E-state index contributed by atoms with van der Waals surface area (Å²) in [6, 6.07) is 4.95. The SMILES string of the molecule is O=C(NCc1ccc(S(=O)(=O)N2CCCCC2)s1)c1ccoc1. The van der Waals surface area contributed by atoms with Crippen LogP contribution in [-0.4, -0.2) is 31.7 Å². The minimum atomic E-state index is -3.40. The molecule has 3 heterocycles. The second-order valence-electron chi connectivity index (χ2n) is 5.38. The molecule has 1 fully saturated rings. The molecule has 6 nitrogen and oxygen atoms in total. The van der Waals surface area contributed by atoms with Gasteiger partial charge in [0, 0.05) is 18.0 Å². The lowest BCUT2D eigenvalue weighted by Crippen LogP contribution is -2.35. The first kappa shape index (κ1) is 16.2. The van der Waals surface area contributed by atoms with Crippen LogP contribution in [0.1, 0.15) is 34.5 Å². The topological polar surface area (TPSA) is 79.6 Å². The van der Waals surface area contributed by atoms with E-state index in [4.69, 9.17) is 4.42 Å². The van der Waals surface area contributed by atoms with Crippen molar-refractivity contribution in [1.29, 1.82) is 0 Å². The van der Waals surface area contributed by atoms with Crippen LogP contribution in [-0.2, 0) is 16.6 Å². The Kier molecular flexibility index (Phi) is 4.84. The van der Waals surface area contributed by atoms with E-state index in [1.807, 2.05) is 0 Å². The molecule has 0 atom stereocenters. The highest BCUT2D eigenvalue weighted by Crippen LogP contribution is 2.27. The van der Waals surface area contributed by atoms with Crippen molar-refractivity contribution in [3.05, 3.63) is 41.2 Å². The number of furan rings is 1. The lowest BCUT2D eigenvalue weighted by atomic mass is 10.2. The maximum Gasteiger partial charge on any atom is 0.254 e. The highest BCUT2D eigenvalue weighted by atomic mass is 32.2. The first-order valence-corrected chi connectivity index (χ1v) is 9.72. The Morgan fingerprint density at radius 1 is 1.22 bits per heavy atom. The zero-order valence-corrected chi connectivity index (χ0v) is 14.2. The van der Waals surface area contributed by atoms with E-state index < -0.39 is 10.0 Å². The standard InChI is InChI=1S/C15H18N2O4S2/c18-15(12-6-9-21-11-12)16-10-13-4-5-14(22-13)23(19,20)17-7-2-1-3-8-17/h4-6,9,11H,1-3,7-8,10H2,(H,16,18). The fraction of sp³-hybridized carbons (Fsp3) is 0.400. The first-order chi connectivity index (χ1) is 11.1. The zero-order chi connectivity index (χ0) is 16.3. The highest BCUT2D eigenvalue weighted by Gasteiger charge is 2.27. The lowest BCUT2D eigenvalue weighted by Gasteiger charge is -2.25. The van der Waals surface area contributed by atoms with Crippen LogP contribution in [0.2, 0.25) is 0 Å². The molecule has 1 saturated heterocycles. The van der Waals surface area contributed by atoms with Gasteiger partial charge in [0.25, 0.3) is 15.9 Å². The van der Waals surface area contributed by atoms with Crippen molar-refractivity contribution in [2.45, 2.75) is 30.0 Å². The molecule has 0 unspecified atom stereocenters. The molecule has 0 bridgehead atoms. The molecule has 3 rings (SSSR count). The summed E-state index contributed by atoms with van der Waals surface area (Å²) < 4.78 is 31.9. The Bertz CT molecular complexity index is 759. The van der Waals surface area contributed by atoms with Crippen molar-refractivity contribution in [3.63, 3.8) is 0 Å². The summed E-state index contributed by atoms with van der Waals surface area (Å²) in [5.41, 5.74) is 0.447. The molecule has 2 aromatic rings. The summed E-state index contributed by atoms with van der Waals surface area (Å²) in [5.74, 6) is -0.243. The molecule has 23 heavy (non-hydrogen) atoms. The second-order valence-corrected chi connectivity index (χ2v) is 8.71. The van der Waals surface area contributed by atoms with E-state index in [0.29, 0.717) is 29.4 Å². The van der Waals surface area contributed by atoms with Crippen LogP contribution in [0.4, 0.5) is 0 Å². The maximum absolute atomic E-state index is 12.6. The summed E-state index contributed by atoms with van der Waals surface area (Å²) in [7, 11) is -3.40. The molecule has 0 aromatic carbocycles. The third kappa shape index (κ3) is 3.65. The molecular weight excluding hydrogens is 336 g/mol. The van der Waals surface area contributed by atoms with E-state index in [1.54, 1.807) is 22.5 Å². The number of hydrogen-bond donors (Lipinski definition) is 1. The van der Waals surface area contributed by atoms with Gasteiger partial charge in [0.2, 0.25) is 0 Å². The minimum absolute atomic E-state index is 0.243. The first-order valence-electron chi connectivity index (χ1n) is 7.46. The number of thiophene rings is 1. The number of amides is 1. The van der Waals surface area contributed by atoms with Crippen LogP contribution in [0.15, 0.2) is 39.4 Å². The third-order valence-corrected chi connectivity index (χ3v) is 7.20. The van der Waals surface area contributed by atoms with Gasteiger partial charge in [-0.15, -0.1) is 11.3 Å². The quantitative estimate of drug-likeness (QED) is 0.894. The van der Waals surface area contributed by atoms with Gasteiger partial charge in [-0.25, -0.2) is 8.42 Å². The highest BCUT2D eigenvalue weighted by molar-refractivity contribution is 7.91. The maximum atomic E-state index is 12.6. The molecule has 0 saturated carbocycles. The van der Waals surface area contributed by atoms with Crippen LogP contribution in [0.3, 0.4) is 0 Å². The fourth-order valence-electron chi connectivity index (χ4n) is 2.49. The van der Waals surface area contributed by atoms with Crippen molar-refractivity contribution in [3.8, 4) is 0 Å². The van der Waals surface area contributed by atoms with Gasteiger partial charge in [-0.3, -0.25) is 4.79 Å². The van der Waals surface area contributed by atoms with Crippen LogP contribution in [0.5, 0.6) is 0 Å². The number of nitrogens with zero attached hydrogens (tertiary/aromatic N) is 1. The van der Waals surface area contributed by atoms with Gasteiger partial charge >= 0.3 is 0 Å². The number of sulfonamides is 1. The number of rotatable bonds is 5. The summed E-state index contributed by atoms with van der Waals surface area (Å²) in [6.45, 7) is 1.48. The van der Waals surface area contributed by atoms with Gasteiger partial charge in [0.05, 0.1) is 18.4 Å². The van der Waals surface area contributed by atoms with Crippen molar-refractivity contribution < 1.29 is 17.6 Å². The van der Waals surface area contributed by atoms with E-state index in [1.165, 1.54) is 23.9 Å². The Morgan fingerprint density at radius 3 is 2.70 bits per heavy atom. The smallest absolute Gasteiger partial charge is 0.254 e. The van der Waals surface area contributed by atoms with E-state index >= 15 is 0 Å². The molecule has 2 aromatic heterocycles. The molecule has 1 N–H and O–H groups in total. The molecule has 0 radical (unpaired) electrons. The van der Waals surface area contributed by atoms with Gasteiger partial charge in [0.1, 0.15) is 10.5 Å². The molecule has 1 amide bonds. The van der Waals surface area contributed by atoms with E-state index in [2.05, 4.69) is 5.32 Å². The van der Waals surface area contributed by atoms with Gasteiger partial charge in [0.15, 0.2) is 0 Å². The van der Waals surface area contributed by atoms with Gasteiger partial charge in [-0.05, 0) is 31.0 Å². The van der Waals surface area contributed by atoms with Crippen LogP contribution < -0.4 is 5.32 Å². The van der Waals surface area contributed by atoms with Gasteiger partial charge < -0.3 is 9.73 Å². The average Bonchev–Trinajstić information content (AvgIpc) is 3.25. The van der Waals surface area contributed by atoms with Crippen LogP contribution in [0.25, 0.3) is 0 Å². The zero-order valence-electron chi connectivity index (χ0n) is 12.5. The van der Waals surface area contributed by atoms with Gasteiger partial charge in [-0.2, -0.15) is 4.31 Å². The summed E-state index contributed by atoms with van der Waals surface area (Å²) in [6.07, 6.45) is 5.72. The van der Waals surface area contributed by atoms with Crippen LogP contribution in [0, 0.1) is 0 Å². The predicted octanol–water partition coefficient (Wildman–Crippen LogP) is 2.45. The number of carbonyl (C=O) groups excluding carboxylic acids is 1. The van der Waals surface area contributed by atoms with Gasteiger partial charge in [-0.1, -0.05) is 6.42 Å². The van der Waals surface area contributed by atoms with Crippen molar-refractivity contribution in [1.82, 2.24) is 9.62 Å². The molecule has 8 heteroatoms. The Labute approximate surface area is 139 Å². The predicted molar refractivity (Wildman–Crippen MR) is 86.8 cm³/mol. The normalized spacial score (nSPS) is 16.3. The Morgan fingerprint density at radius 2 is 2.00 bits per heavy atom. The monoisotopic (exact) mass is 354 g/mol. The molecule has 1 aliphatic heterocycles. The van der Waals surface area contributed by atoms with E-state index in [0.717, 1.165) is 24.1 Å². The minimum Gasteiger partial charge on any atom is -0.472 e. The third-order valence-electron chi connectivity index (χ3n) is 3.75. The Balaban J connectivity index is 1.64. The number of hydrogen-bond acceptors (Lipinski definition) is 5. The summed E-state index contributed by atoms with van der Waals surface area (Å²) in [5, 5.41) is 2.75. The summed E-state index contributed by atoms with van der Waals surface area (Å²) in [4.78, 5) is 12.6. The molecule has 1 aliphatic rings. The molecule has 0 aliphatic carbocycles. The molecule has 124 valence electrons. The average molecular weight is 354 g/mol. The summed E-state index contributed by atoms with van der Waals surface area (Å²) >= 11 is 1.20. The molecule has 0 spiro atoms. The van der Waals surface area contributed by atoms with E-state index in [-0.39, 0.29) is 5.91 Å². The van der Waals surface area contributed by atoms with Crippen molar-refractivity contribution >= 4 is 27.3 Å². The Hall–Kier alpha value is -1.64. The lowest BCUT2D eigenvalue weighted by molar-refractivity contribution is 0.0950. The fourth-order valence-corrected chi connectivity index (χ4v) is 5.45. The van der Waals surface area contributed by atoms with Crippen molar-refractivity contribution in [2.24, 2.45) is 0 Å². The number of piperidine rings is 1.